The molecular formula is C22H27F2N5O9P+. The van der Waals surface area contributed by atoms with Gasteiger partial charge in [0.1, 0.15) is 23.4 Å². The number of hydrogen-bond donors (Lipinski definition) is 3. The number of halogens is 2. The van der Waals surface area contributed by atoms with Crippen molar-refractivity contribution in [1.29, 1.82) is 0 Å². The lowest BCUT2D eigenvalue weighted by Crippen LogP contribution is -2.42. The molecule has 1 fully saturated rings. The van der Waals surface area contributed by atoms with E-state index in [0.717, 1.165) is 12.3 Å². The Balaban J connectivity index is 1.71. The quantitative estimate of drug-likeness (QED) is 0.244. The number of ether oxygens (including phenoxy) is 1. The van der Waals surface area contributed by atoms with Crippen LogP contribution in [-0.4, -0.2) is 92.8 Å². The first kappa shape index (κ1) is 30.1. The number of nitrogens with one attached hydrogen (secondary N) is 1. The van der Waals surface area contributed by atoms with Gasteiger partial charge in [-0.3, -0.25) is 14.2 Å². The molecule has 0 spiro atoms. The molecule has 212 valence electrons. The summed E-state index contributed by atoms with van der Waals surface area (Å²) in [4.78, 5) is 46.8. The molecule has 1 aliphatic rings. The van der Waals surface area contributed by atoms with Crippen LogP contribution in [0.1, 0.15) is 13.2 Å². The van der Waals surface area contributed by atoms with Crippen LogP contribution < -0.4 is 15.8 Å². The van der Waals surface area contributed by atoms with Gasteiger partial charge in [-0.1, -0.05) is 18.2 Å². The summed E-state index contributed by atoms with van der Waals surface area (Å²) in [5, 5.41) is 21.9. The number of carbonyl (C=O) groups is 2. The summed E-state index contributed by atoms with van der Waals surface area (Å²) in [5.41, 5.74) is -1.19. The number of carboxylic acid groups (broad SMARTS) is 1. The fraction of sp³-hybridized carbons (Fsp3) is 0.455. The number of carbonyl (C=O) groups excluding carboxylic acids is 1. The molecule has 2 aromatic rings. The fourth-order valence-electron chi connectivity index (χ4n) is 3.37. The van der Waals surface area contributed by atoms with Gasteiger partial charge in [0.05, 0.1) is 6.54 Å². The Morgan fingerprint density at radius 3 is 2.54 bits per heavy atom. The van der Waals surface area contributed by atoms with Crippen LogP contribution in [0.5, 0.6) is 5.75 Å². The number of para-hydroxylation sites is 1. The Morgan fingerprint density at radius 2 is 1.95 bits per heavy atom. The van der Waals surface area contributed by atoms with Crippen molar-refractivity contribution in [2.75, 3.05) is 32.6 Å². The fourth-order valence-corrected chi connectivity index (χ4v) is 4.30. The van der Waals surface area contributed by atoms with E-state index < -0.39 is 62.8 Å². The van der Waals surface area contributed by atoms with E-state index in [4.69, 9.17) is 14.1 Å². The molecule has 1 aromatic carbocycles. The van der Waals surface area contributed by atoms with Crippen molar-refractivity contribution >= 4 is 25.9 Å². The highest BCUT2D eigenvalue weighted by Gasteiger charge is 2.60. The lowest BCUT2D eigenvalue weighted by atomic mass is 10.1. The zero-order chi connectivity index (χ0) is 28.9. The largest absolute Gasteiger partial charge is 0.653 e. The summed E-state index contributed by atoms with van der Waals surface area (Å²) in [6.45, 7) is 0.285. The third-order valence-corrected chi connectivity index (χ3v) is 6.45. The summed E-state index contributed by atoms with van der Waals surface area (Å²) in [5.74, 6) is -5.94. The Bertz CT molecular complexity index is 1250. The van der Waals surface area contributed by atoms with Gasteiger partial charge in [0.15, 0.2) is 17.9 Å². The third-order valence-electron chi connectivity index (χ3n) is 5.33. The number of rotatable bonds is 12. The summed E-state index contributed by atoms with van der Waals surface area (Å²) >= 11 is 0. The van der Waals surface area contributed by atoms with Crippen molar-refractivity contribution in [3.63, 3.8) is 0 Å². The van der Waals surface area contributed by atoms with Gasteiger partial charge in [0, 0.05) is 6.20 Å². The maximum atomic E-state index is 14.9. The van der Waals surface area contributed by atoms with Gasteiger partial charge < -0.3 is 30.0 Å². The average Bonchev–Trinajstić information content (AvgIpc) is 3.09. The Hall–Kier alpha value is -3.40. The second kappa shape index (κ2) is 12.6. The summed E-state index contributed by atoms with van der Waals surface area (Å²) in [6, 6.07) is 7.39. The van der Waals surface area contributed by atoms with Gasteiger partial charge in [0.2, 0.25) is 12.1 Å². The number of hydrogen-bond acceptors (Lipinski definition) is 10. The minimum atomic E-state index is -4.00. The number of amides is 1. The number of nitrogens with zero attached hydrogens (tertiary/aromatic N) is 4. The molecule has 5 atom stereocenters. The molecule has 1 aliphatic heterocycles. The van der Waals surface area contributed by atoms with Crippen LogP contribution in [0.25, 0.3) is 0 Å². The highest BCUT2D eigenvalue weighted by molar-refractivity contribution is 7.36. The molecule has 1 amide bonds. The molecule has 0 radical (unpaired) electrons. The van der Waals surface area contributed by atoms with Crippen molar-refractivity contribution in [3.05, 3.63) is 53.1 Å². The van der Waals surface area contributed by atoms with E-state index in [-0.39, 0.29) is 18.1 Å². The smallest absolute Gasteiger partial charge is 0.480 e. The zero-order valence-electron chi connectivity index (χ0n) is 21.0. The van der Waals surface area contributed by atoms with Crippen LogP contribution in [0.4, 0.5) is 14.6 Å². The molecule has 2 unspecified atom stereocenters. The molecular weight excluding hydrogens is 547 g/mol. The van der Waals surface area contributed by atoms with Crippen molar-refractivity contribution in [1.82, 2.24) is 19.3 Å². The number of hydroxylamine groups is 1. The van der Waals surface area contributed by atoms with Crippen LogP contribution in [0.2, 0.25) is 0 Å². The van der Waals surface area contributed by atoms with E-state index in [0.29, 0.717) is 9.40 Å². The molecule has 2 heterocycles. The minimum absolute atomic E-state index is 0.0102. The van der Waals surface area contributed by atoms with Crippen LogP contribution in [0, 0.1) is 0 Å². The monoisotopic (exact) mass is 574 g/mol. The summed E-state index contributed by atoms with van der Waals surface area (Å²) < 4.78 is 53.2. The van der Waals surface area contributed by atoms with Crippen LogP contribution in [0.15, 0.2) is 47.4 Å². The van der Waals surface area contributed by atoms with E-state index in [1.807, 2.05) is 0 Å². The molecule has 0 aliphatic carbocycles. The molecule has 1 saturated heterocycles. The maximum absolute atomic E-state index is 14.9. The number of carboxylic acids is 1. The molecule has 3 N–H and O–H groups in total. The topological polar surface area (TPSA) is 173 Å². The van der Waals surface area contributed by atoms with Crippen LogP contribution >= 0.6 is 8.18 Å². The highest BCUT2D eigenvalue weighted by Crippen LogP contribution is 2.43. The highest BCUT2D eigenvalue weighted by atomic mass is 31.1. The first-order chi connectivity index (χ1) is 18.3. The predicted molar refractivity (Wildman–Crippen MR) is 130 cm³/mol. The van der Waals surface area contributed by atoms with Crippen molar-refractivity contribution in [2.45, 2.75) is 37.3 Å². The number of benzene rings is 1. The molecule has 14 nitrogen and oxygen atoms in total. The Morgan fingerprint density at radius 1 is 1.28 bits per heavy atom. The van der Waals surface area contributed by atoms with Crippen LogP contribution in [0.3, 0.4) is 0 Å². The molecule has 17 heteroatoms. The normalized spacial score (nSPS) is 21.5. The van der Waals surface area contributed by atoms with E-state index in [9.17, 15) is 37.9 Å². The molecule has 39 heavy (non-hydrogen) atoms. The Kier molecular flexibility index (Phi) is 9.77. The third kappa shape index (κ3) is 7.38. The number of alkyl halides is 2. The lowest BCUT2D eigenvalue weighted by Gasteiger charge is -2.21. The molecule has 0 saturated carbocycles. The standard InChI is InChI=1S/C22H26F2N5O9P/c1-13(19(32)33)29(38-14-7-5-4-6-8-14)39(35)36-12-15-18(31)22(23,24)20(37-15)28-10-9-16(26-21(28)34)25-17(30)11-27(2)3/h4-10,13,15,18,20,31H,11-12H2,1-3H3,(H-,25,26,30,32,33,34)/p+1/t13?,15-,18-,20-/m1/s1. The van der Waals surface area contributed by atoms with Gasteiger partial charge in [-0.05, 0) is 43.8 Å². The molecule has 1 aromatic heterocycles. The first-order valence-corrected chi connectivity index (χ1v) is 12.5. The number of aromatic nitrogens is 2. The number of anilines is 1. The van der Waals surface area contributed by atoms with E-state index >= 15 is 0 Å². The lowest BCUT2D eigenvalue weighted by molar-refractivity contribution is -0.148. The number of likely N-dealkylation sites (N-methyl/N-ethyl adjacent to an activating group) is 1. The molecule has 3 rings (SSSR count). The van der Waals surface area contributed by atoms with E-state index in [1.165, 1.54) is 19.1 Å². The summed E-state index contributed by atoms with van der Waals surface area (Å²) in [6.07, 6.45) is -5.65. The van der Waals surface area contributed by atoms with Crippen molar-refractivity contribution in [2.24, 2.45) is 0 Å². The zero-order valence-corrected chi connectivity index (χ0v) is 21.9. The van der Waals surface area contributed by atoms with E-state index in [2.05, 4.69) is 10.3 Å². The number of aliphatic hydroxyl groups excluding tert-OH is 1. The Labute approximate surface area is 221 Å². The number of aliphatic hydroxyl groups is 1. The van der Waals surface area contributed by atoms with Crippen molar-refractivity contribution < 1.29 is 47.2 Å². The van der Waals surface area contributed by atoms with Gasteiger partial charge in [-0.15, -0.1) is 4.52 Å². The summed E-state index contributed by atoms with van der Waals surface area (Å²) in [7, 11) is 0.211. The predicted octanol–water partition coefficient (Wildman–Crippen LogP) is 1.08. The van der Waals surface area contributed by atoms with Crippen LogP contribution in [-0.2, 0) is 23.4 Å². The second-order valence-electron chi connectivity index (χ2n) is 8.69. The SMILES string of the molecule is CC(C(=O)O)N(Oc1ccccc1)[P+](=O)OC[C@H]1O[C@@H](n2ccc(NC(=O)CN(C)C)nc2=O)C(F)(F)[C@@H]1O. The van der Waals surface area contributed by atoms with Gasteiger partial charge in [0.25, 0.3) is 0 Å². The van der Waals surface area contributed by atoms with Gasteiger partial charge in [-0.2, -0.15) is 13.8 Å². The number of aliphatic carboxylic acids is 1. The maximum Gasteiger partial charge on any atom is 0.653 e. The minimum Gasteiger partial charge on any atom is -0.480 e. The van der Waals surface area contributed by atoms with E-state index in [1.54, 1.807) is 37.2 Å². The second-order valence-corrected chi connectivity index (χ2v) is 9.82. The van der Waals surface area contributed by atoms with Gasteiger partial charge in [-0.25, -0.2) is 4.79 Å². The van der Waals surface area contributed by atoms with Gasteiger partial charge >= 0.3 is 25.8 Å². The average molecular weight is 574 g/mol. The van der Waals surface area contributed by atoms with Crippen molar-refractivity contribution in [3.8, 4) is 5.75 Å². The first-order valence-electron chi connectivity index (χ1n) is 11.4. The molecule has 0 bridgehead atoms.